The Labute approximate surface area is 98.4 Å². The van der Waals surface area contributed by atoms with Gasteiger partial charge in [0.1, 0.15) is 21.6 Å². The van der Waals surface area contributed by atoms with Crippen molar-refractivity contribution in [2.45, 2.75) is 0 Å². The Kier molecular flexibility index (Phi) is 3.17. The van der Waals surface area contributed by atoms with Crippen molar-refractivity contribution < 1.29 is 4.74 Å². The van der Waals surface area contributed by atoms with Crippen molar-refractivity contribution in [3.63, 3.8) is 0 Å². The molecule has 5 nitrogen and oxygen atoms in total. The molecule has 0 saturated carbocycles. The highest BCUT2D eigenvalue weighted by Crippen LogP contribution is 2.44. The Hall–Kier alpha value is -1.45. The first-order chi connectivity index (χ1) is 7.77. The standard InChI is InChI=1S/C10H14N4OS/c1-15-9-8(12)7(6-11)16-10(9)14-4-2-13-3-5-14/h13H,2-5,12H2,1H3. The van der Waals surface area contributed by atoms with Gasteiger partial charge in [0.2, 0.25) is 0 Å². The average Bonchev–Trinajstić information content (AvgIpc) is 2.66. The van der Waals surface area contributed by atoms with E-state index in [1.54, 1.807) is 7.11 Å². The van der Waals surface area contributed by atoms with Crippen molar-refractivity contribution in [1.29, 1.82) is 5.26 Å². The first-order valence-electron chi connectivity index (χ1n) is 5.10. The molecule has 0 atom stereocenters. The van der Waals surface area contributed by atoms with Gasteiger partial charge in [-0.2, -0.15) is 5.26 Å². The molecule has 6 heteroatoms. The zero-order valence-corrected chi connectivity index (χ0v) is 9.93. The minimum Gasteiger partial charge on any atom is -0.492 e. The van der Waals surface area contributed by atoms with Gasteiger partial charge in [-0.3, -0.25) is 0 Å². The van der Waals surface area contributed by atoms with Crippen LogP contribution in [0.25, 0.3) is 0 Å². The monoisotopic (exact) mass is 238 g/mol. The van der Waals surface area contributed by atoms with Crippen LogP contribution in [0.5, 0.6) is 5.75 Å². The molecule has 1 aliphatic heterocycles. The number of rotatable bonds is 2. The third kappa shape index (κ3) is 1.79. The number of thiophene rings is 1. The maximum atomic E-state index is 8.94. The molecule has 2 rings (SSSR count). The predicted octanol–water partition coefficient (Wildman–Crippen LogP) is 0.620. The van der Waals surface area contributed by atoms with Crippen LogP contribution in [-0.4, -0.2) is 33.3 Å². The van der Waals surface area contributed by atoms with E-state index in [0.717, 1.165) is 31.2 Å². The molecule has 0 spiro atoms. The molecule has 0 aromatic carbocycles. The highest BCUT2D eigenvalue weighted by Gasteiger charge is 2.22. The Morgan fingerprint density at radius 3 is 2.75 bits per heavy atom. The lowest BCUT2D eigenvalue weighted by Crippen LogP contribution is -2.43. The minimum atomic E-state index is 0.462. The number of ether oxygens (including phenoxy) is 1. The number of methoxy groups -OCH3 is 1. The van der Waals surface area contributed by atoms with E-state index < -0.39 is 0 Å². The number of nitrogens with zero attached hydrogens (tertiary/aromatic N) is 2. The first-order valence-corrected chi connectivity index (χ1v) is 5.91. The molecule has 16 heavy (non-hydrogen) atoms. The number of nitriles is 1. The molecule has 1 aromatic rings. The Balaban J connectivity index is 2.35. The normalized spacial score (nSPS) is 15.9. The van der Waals surface area contributed by atoms with Gasteiger partial charge in [0.05, 0.1) is 7.11 Å². The van der Waals surface area contributed by atoms with Gasteiger partial charge < -0.3 is 20.7 Å². The second-order valence-corrected chi connectivity index (χ2v) is 4.53. The molecule has 1 aliphatic rings. The van der Waals surface area contributed by atoms with Crippen molar-refractivity contribution in [1.82, 2.24) is 5.32 Å². The molecule has 1 aromatic heterocycles. The molecule has 0 bridgehead atoms. The summed E-state index contributed by atoms with van der Waals surface area (Å²) in [7, 11) is 1.59. The fraction of sp³-hybridized carbons (Fsp3) is 0.500. The average molecular weight is 238 g/mol. The quantitative estimate of drug-likeness (QED) is 0.790. The number of hydrogen-bond acceptors (Lipinski definition) is 6. The van der Waals surface area contributed by atoms with Gasteiger partial charge >= 0.3 is 0 Å². The molecule has 86 valence electrons. The Morgan fingerprint density at radius 1 is 1.50 bits per heavy atom. The number of nitrogen functional groups attached to an aromatic ring is 1. The number of nitrogens with two attached hydrogens (primary N) is 1. The van der Waals surface area contributed by atoms with Crippen LogP contribution >= 0.6 is 11.3 Å². The molecule has 3 N–H and O–H groups in total. The highest BCUT2D eigenvalue weighted by atomic mass is 32.1. The molecule has 1 saturated heterocycles. The third-order valence-electron chi connectivity index (χ3n) is 2.59. The van der Waals surface area contributed by atoms with E-state index in [9.17, 15) is 0 Å². The van der Waals surface area contributed by atoms with Gasteiger partial charge in [-0.05, 0) is 0 Å². The number of hydrogen-bond donors (Lipinski definition) is 2. The van der Waals surface area contributed by atoms with Crippen molar-refractivity contribution >= 4 is 22.0 Å². The van der Waals surface area contributed by atoms with Crippen molar-refractivity contribution in [3.05, 3.63) is 4.88 Å². The van der Waals surface area contributed by atoms with Crippen LogP contribution < -0.4 is 20.7 Å². The maximum absolute atomic E-state index is 8.94. The summed E-state index contributed by atoms with van der Waals surface area (Å²) in [6.45, 7) is 3.73. The van der Waals surface area contributed by atoms with E-state index in [-0.39, 0.29) is 0 Å². The highest BCUT2D eigenvalue weighted by molar-refractivity contribution is 7.17. The number of anilines is 2. The maximum Gasteiger partial charge on any atom is 0.177 e. The molecular formula is C10H14N4OS. The van der Waals surface area contributed by atoms with Crippen molar-refractivity contribution in [2.24, 2.45) is 0 Å². The molecule has 0 unspecified atom stereocenters. The summed E-state index contributed by atoms with van der Waals surface area (Å²) in [5, 5.41) is 13.2. The fourth-order valence-electron chi connectivity index (χ4n) is 1.77. The summed E-state index contributed by atoms with van der Waals surface area (Å²) in [5.74, 6) is 0.642. The first kappa shape index (κ1) is 11.0. The molecular weight excluding hydrogens is 224 g/mol. The zero-order valence-electron chi connectivity index (χ0n) is 9.12. The van der Waals surface area contributed by atoms with Crippen LogP contribution in [0.1, 0.15) is 4.88 Å². The lowest BCUT2D eigenvalue weighted by atomic mass is 10.3. The van der Waals surface area contributed by atoms with Crippen molar-refractivity contribution in [2.75, 3.05) is 43.9 Å². The summed E-state index contributed by atoms with van der Waals surface area (Å²) in [5.41, 5.74) is 6.31. The summed E-state index contributed by atoms with van der Waals surface area (Å²) in [6, 6.07) is 2.10. The second kappa shape index (κ2) is 4.60. The SMILES string of the molecule is COc1c(N2CCNCC2)sc(C#N)c1N. The van der Waals surface area contributed by atoms with Gasteiger partial charge in [-0.25, -0.2) is 0 Å². The molecule has 1 fully saturated rings. The Bertz CT molecular complexity index is 417. The third-order valence-corrected chi connectivity index (χ3v) is 3.74. The minimum absolute atomic E-state index is 0.462. The number of nitrogens with one attached hydrogen (secondary N) is 1. The summed E-state index contributed by atoms with van der Waals surface area (Å²) in [6.07, 6.45) is 0. The zero-order chi connectivity index (χ0) is 11.5. The van der Waals surface area contributed by atoms with E-state index in [1.165, 1.54) is 11.3 Å². The lowest BCUT2D eigenvalue weighted by molar-refractivity contribution is 0.417. The van der Waals surface area contributed by atoms with Crippen molar-refractivity contribution in [3.8, 4) is 11.8 Å². The smallest absolute Gasteiger partial charge is 0.177 e. The van der Waals surface area contributed by atoms with Crippen LogP contribution in [0, 0.1) is 11.3 Å². The molecule has 0 radical (unpaired) electrons. The van der Waals surface area contributed by atoms with E-state index in [1.807, 2.05) is 0 Å². The second-order valence-electron chi connectivity index (χ2n) is 3.53. The molecule has 0 aliphatic carbocycles. The van der Waals surface area contributed by atoms with Crippen LogP contribution in [0.3, 0.4) is 0 Å². The van der Waals surface area contributed by atoms with Crippen LogP contribution in [0.4, 0.5) is 10.7 Å². The van der Waals surface area contributed by atoms with Crippen LogP contribution in [0.2, 0.25) is 0 Å². The Morgan fingerprint density at radius 2 is 2.19 bits per heavy atom. The van der Waals surface area contributed by atoms with Gasteiger partial charge in [-0.15, -0.1) is 11.3 Å². The summed E-state index contributed by atoms with van der Waals surface area (Å²) < 4.78 is 5.28. The number of piperazine rings is 1. The fourth-order valence-corrected chi connectivity index (χ4v) is 2.81. The van der Waals surface area contributed by atoms with E-state index in [2.05, 4.69) is 16.3 Å². The summed E-state index contributed by atoms with van der Waals surface area (Å²) >= 11 is 1.40. The largest absolute Gasteiger partial charge is 0.492 e. The topological polar surface area (TPSA) is 74.3 Å². The molecule has 2 heterocycles. The van der Waals surface area contributed by atoms with E-state index in [0.29, 0.717) is 16.3 Å². The van der Waals surface area contributed by atoms with Gasteiger partial charge in [0, 0.05) is 26.2 Å². The molecule has 0 amide bonds. The van der Waals surface area contributed by atoms with Gasteiger partial charge in [0.25, 0.3) is 0 Å². The lowest BCUT2D eigenvalue weighted by Gasteiger charge is -2.28. The van der Waals surface area contributed by atoms with Gasteiger partial charge in [-0.1, -0.05) is 0 Å². The van der Waals surface area contributed by atoms with Crippen LogP contribution in [0.15, 0.2) is 0 Å². The predicted molar refractivity (Wildman–Crippen MR) is 65.1 cm³/mol. The van der Waals surface area contributed by atoms with E-state index >= 15 is 0 Å². The van der Waals surface area contributed by atoms with Gasteiger partial charge in [0.15, 0.2) is 5.75 Å². The van der Waals surface area contributed by atoms with Crippen LogP contribution in [-0.2, 0) is 0 Å². The van der Waals surface area contributed by atoms with E-state index in [4.69, 9.17) is 15.7 Å². The summed E-state index contributed by atoms with van der Waals surface area (Å²) in [4.78, 5) is 2.74.